The molecule has 0 fully saturated rings. The van der Waals surface area contributed by atoms with Gasteiger partial charge in [0, 0.05) is 23.7 Å². The molecular weight excluding hydrogens is 232 g/mol. The summed E-state index contributed by atoms with van der Waals surface area (Å²) in [5.41, 5.74) is 7.94. The van der Waals surface area contributed by atoms with Crippen molar-refractivity contribution >= 4 is 16.3 Å². The molecule has 0 bridgehead atoms. The van der Waals surface area contributed by atoms with Crippen LogP contribution in [0.1, 0.15) is 32.7 Å². The van der Waals surface area contributed by atoms with Gasteiger partial charge in [0.05, 0.1) is 6.20 Å². The summed E-state index contributed by atoms with van der Waals surface area (Å²) in [7, 11) is 0. The Morgan fingerprint density at radius 1 is 1.41 bits per heavy atom. The van der Waals surface area contributed by atoms with Gasteiger partial charge in [-0.15, -0.1) is 11.3 Å². The second-order valence-electron chi connectivity index (χ2n) is 5.07. The van der Waals surface area contributed by atoms with E-state index in [-0.39, 0.29) is 5.41 Å². The highest BCUT2D eigenvalue weighted by molar-refractivity contribution is 7.16. The number of nitrogens with two attached hydrogens (primary N) is 1. The average Bonchev–Trinajstić information content (AvgIpc) is 2.82. The summed E-state index contributed by atoms with van der Waals surface area (Å²) in [6.07, 6.45) is 3.80. The van der Waals surface area contributed by atoms with Gasteiger partial charge in [-0.2, -0.15) is 5.10 Å². The van der Waals surface area contributed by atoms with E-state index in [0.29, 0.717) is 0 Å². The largest absolute Gasteiger partial charge is 0.389 e. The first-order valence-electron chi connectivity index (χ1n) is 5.71. The lowest BCUT2D eigenvalue weighted by Gasteiger charge is -2.13. The van der Waals surface area contributed by atoms with E-state index >= 15 is 0 Å². The molecule has 0 saturated heterocycles. The van der Waals surface area contributed by atoms with Gasteiger partial charge in [0.1, 0.15) is 15.7 Å². The van der Waals surface area contributed by atoms with Crippen LogP contribution in [0.2, 0.25) is 0 Å². The number of nitrogens with zero attached hydrogens (tertiary/aromatic N) is 3. The van der Waals surface area contributed by atoms with Crippen molar-refractivity contribution in [1.29, 1.82) is 0 Å². The van der Waals surface area contributed by atoms with Gasteiger partial charge in [-0.1, -0.05) is 20.8 Å². The van der Waals surface area contributed by atoms with E-state index in [1.54, 1.807) is 11.3 Å². The third-order valence-corrected chi connectivity index (χ3v) is 3.84. The normalized spacial score (nSPS) is 12.0. The van der Waals surface area contributed by atoms with E-state index in [1.807, 2.05) is 17.1 Å². The lowest BCUT2D eigenvalue weighted by molar-refractivity contribution is 0.586. The number of rotatable bonds is 2. The molecule has 17 heavy (non-hydrogen) atoms. The van der Waals surface area contributed by atoms with Gasteiger partial charge in [0.25, 0.3) is 0 Å². The zero-order chi connectivity index (χ0) is 12.6. The zero-order valence-corrected chi connectivity index (χ0v) is 11.5. The van der Waals surface area contributed by atoms with Crippen LogP contribution >= 0.6 is 11.3 Å². The Bertz CT molecular complexity index is 519. The molecule has 0 spiro atoms. The second-order valence-corrected chi connectivity index (χ2v) is 6.10. The van der Waals surface area contributed by atoms with Gasteiger partial charge in [-0.25, -0.2) is 4.98 Å². The van der Waals surface area contributed by atoms with E-state index in [4.69, 9.17) is 5.73 Å². The van der Waals surface area contributed by atoms with Crippen LogP contribution in [0, 0.1) is 0 Å². The molecule has 0 aliphatic heterocycles. The highest BCUT2D eigenvalue weighted by Gasteiger charge is 2.21. The van der Waals surface area contributed by atoms with E-state index in [2.05, 4.69) is 37.8 Å². The molecule has 5 heteroatoms. The minimum absolute atomic E-state index is 0.0395. The Balaban J connectivity index is 2.42. The third-order valence-electron chi connectivity index (χ3n) is 2.53. The number of anilines is 1. The van der Waals surface area contributed by atoms with Crippen LogP contribution < -0.4 is 5.73 Å². The van der Waals surface area contributed by atoms with Crippen molar-refractivity contribution in [3.63, 3.8) is 0 Å². The van der Waals surface area contributed by atoms with Crippen LogP contribution in [0.25, 0.3) is 11.3 Å². The summed E-state index contributed by atoms with van der Waals surface area (Å²) < 4.78 is 1.88. The van der Waals surface area contributed by atoms with Crippen molar-refractivity contribution in [2.24, 2.45) is 0 Å². The van der Waals surface area contributed by atoms with Crippen LogP contribution in [0.3, 0.4) is 0 Å². The summed E-state index contributed by atoms with van der Waals surface area (Å²) in [4.78, 5) is 4.64. The minimum atomic E-state index is 0.0395. The molecule has 0 amide bonds. The quantitative estimate of drug-likeness (QED) is 0.891. The van der Waals surface area contributed by atoms with E-state index in [0.717, 1.165) is 27.8 Å². The van der Waals surface area contributed by atoms with Gasteiger partial charge in [0.2, 0.25) is 0 Å². The maximum atomic E-state index is 6.04. The molecule has 0 atom stereocenters. The fourth-order valence-electron chi connectivity index (χ4n) is 1.52. The van der Waals surface area contributed by atoms with E-state index < -0.39 is 0 Å². The standard InChI is InChI=1S/C12H18N4S/c1-5-16-7-8(6-14-16)9-10(13)17-11(15-9)12(2,3)4/h6-7H,5,13H2,1-4H3. The number of hydrogen-bond acceptors (Lipinski definition) is 4. The molecule has 0 aliphatic carbocycles. The second kappa shape index (κ2) is 4.14. The molecule has 0 aliphatic rings. The van der Waals surface area contributed by atoms with Crippen LogP contribution in [0.15, 0.2) is 12.4 Å². The predicted octanol–water partition coefficient (Wildman–Crippen LogP) is 2.91. The summed E-state index contributed by atoms with van der Waals surface area (Å²) in [6, 6.07) is 0. The molecule has 2 heterocycles. The maximum Gasteiger partial charge on any atom is 0.114 e. The fraction of sp³-hybridized carbons (Fsp3) is 0.500. The van der Waals surface area contributed by atoms with Crippen molar-refractivity contribution in [3.05, 3.63) is 17.4 Å². The van der Waals surface area contributed by atoms with Crippen LogP contribution in [-0.4, -0.2) is 14.8 Å². The summed E-state index contributed by atoms with van der Waals surface area (Å²) >= 11 is 1.56. The SMILES string of the molecule is CCn1cc(-c2nc(C(C)(C)C)sc2N)cn1. The van der Waals surface area contributed by atoms with Crippen molar-refractivity contribution < 1.29 is 0 Å². The number of hydrogen-bond donors (Lipinski definition) is 1. The number of aryl methyl sites for hydroxylation is 1. The summed E-state index contributed by atoms with van der Waals surface area (Å²) in [6.45, 7) is 9.34. The Labute approximate surface area is 105 Å². The maximum absolute atomic E-state index is 6.04. The molecule has 2 N–H and O–H groups in total. The topological polar surface area (TPSA) is 56.7 Å². The number of nitrogen functional groups attached to an aromatic ring is 1. The highest BCUT2D eigenvalue weighted by Crippen LogP contribution is 2.35. The minimum Gasteiger partial charge on any atom is -0.389 e. The van der Waals surface area contributed by atoms with Gasteiger partial charge < -0.3 is 5.73 Å². The molecule has 92 valence electrons. The van der Waals surface area contributed by atoms with Crippen LogP contribution in [-0.2, 0) is 12.0 Å². The van der Waals surface area contributed by atoms with E-state index in [9.17, 15) is 0 Å². The first-order chi connectivity index (χ1) is 7.91. The smallest absolute Gasteiger partial charge is 0.114 e. The summed E-state index contributed by atoms with van der Waals surface area (Å²) in [5, 5.41) is 6.08. The Morgan fingerprint density at radius 2 is 2.12 bits per heavy atom. The Morgan fingerprint density at radius 3 is 2.59 bits per heavy atom. The average molecular weight is 250 g/mol. The van der Waals surface area contributed by atoms with Crippen molar-refractivity contribution in [1.82, 2.24) is 14.8 Å². The molecule has 0 radical (unpaired) electrons. The zero-order valence-electron chi connectivity index (χ0n) is 10.7. The molecular formula is C12H18N4S. The van der Waals surface area contributed by atoms with Gasteiger partial charge >= 0.3 is 0 Å². The van der Waals surface area contributed by atoms with Crippen LogP contribution in [0.4, 0.5) is 5.00 Å². The van der Waals surface area contributed by atoms with E-state index in [1.165, 1.54) is 0 Å². The van der Waals surface area contributed by atoms with Crippen LogP contribution in [0.5, 0.6) is 0 Å². The third kappa shape index (κ3) is 2.34. The molecule has 2 rings (SSSR count). The molecule has 0 unspecified atom stereocenters. The number of aromatic nitrogens is 3. The molecule has 2 aromatic heterocycles. The molecule has 0 saturated carbocycles. The van der Waals surface area contributed by atoms with Gasteiger partial charge in [-0.3, -0.25) is 4.68 Å². The predicted molar refractivity (Wildman–Crippen MR) is 72.1 cm³/mol. The fourth-order valence-corrected chi connectivity index (χ4v) is 2.43. The molecule has 4 nitrogen and oxygen atoms in total. The van der Waals surface area contributed by atoms with Crippen molar-refractivity contribution in [3.8, 4) is 11.3 Å². The lowest BCUT2D eigenvalue weighted by Crippen LogP contribution is -2.10. The Hall–Kier alpha value is -1.36. The molecule has 2 aromatic rings. The first kappa shape index (κ1) is 12.1. The monoisotopic (exact) mass is 250 g/mol. The number of thiazole rings is 1. The summed E-state index contributed by atoms with van der Waals surface area (Å²) in [5.74, 6) is 0. The highest BCUT2D eigenvalue weighted by atomic mass is 32.1. The van der Waals surface area contributed by atoms with Crippen molar-refractivity contribution in [2.75, 3.05) is 5.73 Å². The first-order valence-corrected chi connectivity index (χ1v) is 6.53. The van der Waals surface area contributed by atoms with Crippen molar-refractivity contribution in [2.45, 2.75) is 39.7 Å². The van der Waals surface area contributed by atoms with Gasteiger partial charge in [-0.05, 0) is 6.92 Å². The Kier molecular flexibility index (Phi) is 2.95. The molecule has 0 aromatic carbocycles. The van der Waals surface area contributed by atoms with Gasteiger partial charge in [0.15, 0.2) is 0 Å². The lowest BCUT2D eigenvalue weighted by atomic mass is 9.98.